The first-order valence-electron chi connectivity index (χ1n) is 16.3. The second-order valence-electron chi connectivity index (χ2n) is 12.0. The van der Waals surface area contributed by atoms with E-state index in [1.807, 2.05) is 0 Å². The monoisotopic (exact) mass is 540 g/mol. The number of rotatable bonds is 28. The topological polar surface area (TPSA) is 72.8 Å². The van der Waals surface area contributed by atoms with Gasteiger partial charge in [-0.2, -0.15) is 0 Å². The molecule has 0 aliphatic heterocycles. The van der Waals surface area contributed by atoms with E-state index in [-0.39, 0.29) is 25.2 Å². The van der Waals surface area contributed by atoms with Crippen molar-refractivity contribution in [3.8, 4) is 0 Å². The van der Waals surface area contributed by atoms with E-state index >= 15 is 0 Å². The Morgan fingerprint density at radius 2 is 1.03 bits per heavy atom. The van der Waals surface area contributed by atoms with E-state index in [1.165, 1.54) is 89.9 Å². The van der Waals surface area contributed by atoms with Crippen molar-refractivity contribution in [3.63, 3.8) is 0 Å². The second kappa shape index (κ2) is 27.5. The highest BCUT2D eigenvalue weighted by Gasteiger charge is 2.16. The first kappa shape index (κ1) is 36.9. The van der Waals surface area contributed by atoms with Crippen molar-refractivity contribution in [2.24, 2.45) is 11.8 Å². The Hall–Kier alpha value is -1.10. The Morgan fingerprint density at radius 1 is 0.605 bits per heavy atom. The third kappa shape index (κ3) is 26.5. The van der Waals surface area contributed by atoms with Gasteiger partial charge in [-0.3, -0.25) is 9.59 Å². The van der Waals surface area contributed by atoms with Crippen LogP contribution in [-0.2, 0) is 19.1 Å². The molecule has 0 rings (SSSR count). The minimum absolute atomic E-state index is 0.0610. The van der Waals surface area contributed by atoms with Crippen molar-refractivity contribution >= 4 is 11.9 Å². The van der Waals surface area contributed by atoms with Crippen LogP contribution in [0, 0.1) is 11.8 Å². The van der Waals surface area contributed by atoms with Crippen LogP contribution in [0.15, 0.2) is 0 Å². The molecule has 2 atom stereocenters. The molecule has 1 unspecified atom stereocenters. The molecule has 0 saturated heterocycles. The highest BCUT2D eigenvalue weighted by Crippen LogP contribution is 2.16. The maximum Gasteiger partial charge on any atom is 0.306 e. The van der Waals surface area contributed by atoms with Gasteiger partial charge in [0.25, 0.3) is 0 Å². The Balaban J connectivity index is 3.58. The van der Waals surface area contributed by atoms with Crippen LogP contribution in [0.2, 0.25) is 0 Å². The average molecular weight is 541 g/mol. The van der Waals surface area contributed by atoms with Gasteiger partial charge in [0.15, 0.2) is 6.10 Å². The third-order valence-electron chi connectivity index (χ3n) is 7.62. The standard InChI is InChI=1S/C33H64O5/c1-5-30(4)24-20-16-12-8-6-7-9-13-18-22-26-33(36)38-31(27-34)28-37-32(35)25-21-17-14-10-11-15-19-23-29(2)3/h29-31,34H,5-28H2,1-4H3/t30?,31-/m0/s1. The maximum absolute atomic E-state index is 12.1. The van der Waals surface area contributed by atoms with Crippen molar-refractivity contribution in [2.75, 3.05) is 13.2 Å². The normalized spacial score (nSPS) is 13.0. The number of aliphatic hydroxyl groups excluding tert-OH is 1. The molecule has 0 saturated carbocycles. The minimum Gasteiger partial charge on any atom is -0.462 e. The van der Waals surface area contributed by atoms with Crippen molar-refractivity contribution in [1.29, 1.82) is 0 Å². The number of hydrogen-bond donors (Lipinski definition) is 1. The summed E-state index contributed by atoms with van der Waals surface area (Å²) < 4.78 is 10.5. The Labute approximate surface area is 236 Å². The summed E-state index contributed by atoms with van der Waals surface area (Å²) in [6.45, 7) is 8.78. The highest BCUT2D eigenvalue weighted by molar-refractivity contribution is 5.70. The highest BCUT2D eigenvalue weighted by atomic mass is 16.6. The first-order valence-corrected chi connectivity index (χ1v) is 16.3. The number of ether oxygens (including phenoxy) is 2. The Morgan fingerprint density at radius 3 is 1.47 bits per heavy atom. The summed E-state index contributed by atoms with van der Waals surface area (Å²) in [6, 6.07) is 0. The van der Waals surface area contributed by atoms with Crippen LogP contribution in [-0.4, -0.2) is 36.4 Å². The number of carbonyl (C=O) groups is 2. The van der Waals surface area contributed by atoms with Gasteiger partial charge in [0.1, 0.15) is 6.61 Å². The largest absolute Gasteiger partial charge is 0.462 e. The summed E-state index contributed by atoms with van der Waals surface area (Å²) >= 11 is 0. The van der Waals surface area contributed by atoms with Gasteiger partial charge >= 0.3 is 11.9 Å². The Bertz CT molecular complexity index is 533. The molecule has 0 aliphatic rings. The van der Waals surface area contributed by atoms with E-state index in [0.29, 0.717) is 12.8 Å². The van der Waals surface area contributed by atoms with Crippen molar-refractivity contribution in [3.05, 3.63) is 0 Å². The lowest BCUT2D eigenvalue weighted by Crippen LogP contribution is -2.28. The van der Waals surface area contributed by atoms with Crippen LogP contribution in [0.1, 0.15) is 169 Å². The zero-order valence-corrected chi connectivity index (χ0v) is 25.8. The second-order valence-corrected chi connectivity index (χ2v) is 12.0. The molecule has 1 N–H and O–H groups in total. The van der Waals surface area contributed by atoms with E-state index in [0.717, 1.165) is 50.4 Å². The Kier molecular flexibility index (Phi) is 26.7. The average Bonchev–Trinajstić information content (AvgIpc) is 2.90. The molecule has 0 heterocycles. The van der Waals surface area contributed by atoms with E-state index in [4.69, 9.17) is 9.47 Å². The SMILES string of the molecule is CCC(C)CCCCCCCCCCCCC(=O)O[C@@H](CO)COC(=O)CCCCCCCCCC(C)C. The molecule has 0 aromatic heterocycles. The van der Waals surface area contributed by atoms with E-state index in [1.54, 1.807) is 0 Å². The zero-order valence-electron chi connectivity index (χ0n) is 25.8. The van der Waals surface area contributed by atoms with Crippen molar-refractivity contribution < 1.29 is 24.2 Å². The summed E-state index contributed by atoms with van der Waals surface area (Å²) in [7, 11) is 0. The number of aliphatic hydroxyl groups is 1. The quantitative estimate of drug-likeness (QED) is 0.0790. The lowest BCUT2D eigenvalue weighted by Gasteiger charge is -2.15. The molecule has 38 heavy (non-hydrogen) atoms. The fraction of sp³-hybridized carbons (Fsp3) is 0.939. The van der Waals surface area contributed by atoms with Crippen LogP contribution < -0.4 is 0 Å². The molecule has 0 aromatic rings. The van der Waals surface area contributed by atoms with Crippen molar-refractivity contribution in [1.82, 2.24) is 0 Å². The molecular weight excluding hydrogens is 476 g/mol. The molecule has 5 heteroatoms. The van der Waals surface area contributed by atoms with E-state index in [2.05, 4.69) is 27.7 Å². The van der Waals surface area contributed by atoms with Crippen LogP contribution in [0.25, 0.3) is 0 Å². The van der Waals surface area contributed by atoms with Gasteiger partial charge in [0, 0.05) is 12.8 Å². The predicted octanol–water partition coefficient (Wildman–Crippen LogP) is 9.33. The van der Waals surface area contributed by atoms with Gasteiger partial charge in [-0.25, -0.2) is 0 Å². The van der Waals surface area contributed by atoms with Gasteiger partial charge < -0.3 is 14.6 Å². The lowest BCUT2D eigenvalue weighted by molar-refractivity contribution is -0.161. The molecule has 0 aliphatic carbocycles. The molecule has 0 aromatic carbocycles. The molecule has 0 spiro atoms. The molecule has 0 fully saturated rings. The summed E-state index contributed by atoms with van der Waals surface area (Å²) in [4.78, 5) is 24.0. The van der Waals surface area contributed by atoms with E-state index < -0.39 is 6.10 Å². The predicted molar refractivity (Wildman–Crippen MR) is 159 cm³/mol. The molecule has 0 amide bonds. The fourth-order valence-electron chi connectivity index (χ4n) is 4.71. The fourth-order valence-corrected chi connectivity index (χ4v) is 4.71. The summed E-state index contributed by atoms with van der Waals surface area (Å²) in [5, 5.41) is 9.48. The van der Waals surface area contributed by atoms with Gasteiger partial charge in [0.05, 0.1) is 6.61 Å². The summed E-state index contributed by atoms with van der Waals surface area (Å²) in [6.07, 6.45) is 24.4. The third-order valence-corrected chi connectivity index (χ3v) is 7.62. The van der Waals surface area contributed by atoms with Crippen LogP contribution >= 0.6 is 0 Å². The number of carbonyl (C=O) groups excluding carboxylic acids is 2. The van der Waals surface area contributed by atoms with Crippen molar-refractivity contribution in [2.45, 2.75) is 175 Å². The van der Waals surface area contributed by atoms with Gasteiger partial charge in [-0.1, -0.05) is 143 Å². The van der Waals surface area contributed by atoms with Gasteiger partial charge in [-0.05, 0) is 24.7 Å². The molecule has 226 valence electrons. The zero-order chi connectivity index (χ0) is 28.3. The first-order chi connectivity index (χ1) is 18.4. The van der Waals surface area contributed by atoms with Crippen LogP contribution in [0.3, 0.4) is 0 Å². The number of hydrogen-bond acceptors (Lipinski definition) is 5. The van der Waals surface area contributed by atoms with Crippen LogP contribution in [0.4, 0.5) is 0 Å². The lowest BCUT2D eigenvalue weighted by atomic mass is 9.99. The smallest absolute Gasteiger partial charge is 0.306 e. The summed E-state index contributed by atoms with van der Waals surface area (Å²) in [5.74, 6) is 1.08. The van der Waals surface area contributed by atoms with Crippen LogP contribution in [0.5, 0.6) is 0 Å². The molecule has 5 nitrogen and oxygen atoms in total. The van der Waals surface area contributed by atoms with Gasteiger partial charge in [0.2, 0.25) is 0 Å². The minimum atomic E-state index is -0.762. The molecular formula is C33H64O5. The van der Waals surface area contributed by atoms with E-state index in [9.17, 15) is 14.7 Å². The number of unbranched alkanes of at least 4 members (excludes halogenated alkanes) is 15. The maximum atomic E-state index is 12.1. The number of esters is 2. The molecule has 0 bridgehead atoms. The van der Waals surface area contributed by atoms with Gasteiger partial charge in [-0.15, -0.1) is 0 Å². The molecule has 0 radical (unpaired) electrons. The summed E-state index contributed by atoms with van der Waals surface area (Å²) in [5.41, 5.74) is 0.